The van der Waals surface area contributed by atoms with Crippen LogP contribution in [-0.2, 0) is 16.6 Å². The molecule has 1 aromatic heterocycles. The van der Waals surface area contributed by atoms with Gasteiger partial charge < -0.3 is 10.4 Å². The zero-order valence-electron chi connectivity index (χ0n) is 14.2. The number of carbonyl (C=O) groups is 2. The first-order valence-electron chi connectivity index (χ1n) is 7.69. The lowest BCUT2D eigenvalue weighted by Crippen LogP contribution is -2.51. The third kappa shape index (κ3) is 3.08. The van der Waals surface area contributed by atoms with Crippen LogP contribution in [0.3, 0.4) is 0 Å². The summed E-state index contributed by atoms with van der Waals surface area (Å²) in [5.41, 5.74) is 0.758. The van der Waals surface area contributed by atoms with E-state index in [-0.39, 0.29) is 23.7 Å². The topological polar surface area (TPSA) is 114 Å². The number of benzene rings is 1. The lowest BCUT2D eigenvalue weighted by atomic mass is 10.1. The van der Waals surface area contributed by atoms with Gasteiger partial charge in [0.2, 0.25) is 0 Å². The van der Waals surface area contributed by atoms with Crippen molar-refractivity contribution in [2.24, 2.45) is 7.05 Å². The van der Waals surface area contributed by atoms with Gasteiger partial charge in [-0.05, 0) is 24.3 Å². The maximum Gasteiger partial charge on any atom is 0.281 e. The van der Waals surface area contributed by atoms with Gasteiger partial charge in [0.1, 0.15) is 11.3 Å². The van der Waals surface area contributed by atoms with Gasteiger partial charge in [-0.1, -0.05) is 0 Å². The Morgan fingerprint density at radius 1 is 1.27 bits per heavy atom. The first-order chi connectivity index (χ1) is 12.4. The number of hydrogen-bond acceptors (Lipinski definition) is 6. The molecule has 2 amide bonds. The van der Waals surface area contributed by atoms with Crippen LogP contribution in [0.2, 0.25) is 0 Å². The summed E-state index contributed by atoms with van der Waals surface area (Å²) in [4.78, 5) is 25.0. The quantitative estimate of drug-likeness (QED) is 0.795. The van der Waals surface area contributed by atoms with E-state index in [0.29, 0.717) is 11.3 Å². The standard InChI is InChI=1S/C17H16N6O3/c1-21-8-7-14(20-21)19-16(25)15-13(24)10-23(22(2)17(15)26)12-5-3-11(9-18)4-6-12/h3-8,24H,10H2,1-2H3,(H,19,20,25). The average molecular weight is 352 g/mol. The molecule has 1 aromatic carbocycles. The van der Waals surface area contributed by atoms with E-state index in [1.165, 1.54) is 21.7 Å². The molecule has 1 aliphatic rings. The fourth-order valence-electron chi connectivity index (χ4n) is 2.58. The van der Waals surface area contributed by atoms with Crippen LogP contribution >= 0.6 is 0 Å². The summed E-state index contributed by atoms with van der Waals surface area (Å²) in [7, 11) is 3.20. The Bertz CT molecular complexity index is 938. The SMILES string of the molecule is CN1C(=O)C(C(=O)Nc2ccn(C)n2)=C(O)CN1c1ccc(C#N)cc1. The Labute approximate surface area is 149 Å². The number of aliphatic hydroxyl groups excluding tert-OH is 1. The highest BCUT2D eigenvalue weighted by Crippen LogP contribution is 2.24. The van der Waals surface area contributed by atoms with Crippen LogP contribution in [0.25, 0.3) is 0 Å². The first kappa shape index (κ1) is 17.0. The molecule has 132 valence electrons. The molecule has 0 saturated heterocycles. The van der Waals surface area contributed by atoms with E-state index >= 15 is 0 Å². The molecule has 0 radical (unpaired) electrons. The molecule has 0 fully saturated rings. The lowest BCUT2D eigenvalue weighted by molar-refractivity contribution is -0.129. The van der Waals surface area contributed by atoms with Crippen molar-refractivity contribution in [3.05, 3.63) is 53.4 Å². The molecule has 9 nitrogen and oxygen atoms in total. The van der Waals surface area contributed by atoms with Crippen molar-refractivity contribution in [3.63, 3.8) is 0 Å². The van der Waals surface area contributed by atoms with Gasteiger partial charge in [-0.3, -0.25) is 24.3 Å². The van der Waals surface area contributed by atoms with Crippen molar-refractivity contribution in [1.82, 2.24) is 14.8 Å². The van der Waals surface area contributed by atoms with Crippen LogP contribution in [0.1, 0.15) is 5.56 Å². The molecule has 2 N–H and O–H groups in total. The second-order valence-electron chi connectivity index (χ2n) is 5.70. The lowest BCUT2D eigenvalue weighted by Gasteiger charge is -2.37. The Morgan fingerprint density at radius 2 is 1.96 bits per heavy atom. The van der Waals surface area contributed by atoms with Crippen molar-refractivity contribution < 1.29 is 14.7 Å². The Balaban J connectivity index is 1.85. The number of nitrogens with one attached hydrogen (secondary N) is 1. The number of aliphatic hydroxyl groups is 1. The van der Waals surface area contributed by atoms with Gasteiger partial charge in [-0.25, -0.2) is 0 Å². The van der Waals surface area contributed by atoms with Crippen LogP contribution in [0.15, 0.2) is 47.9 Å². The van der Waals surface area contributed by atoms with E-state index in [4.69, 9.17) is 5.26 Å². The smallest absolute Gasteiger partial charge is 0.281 e. The Morgan fingerprint density at radius 3 is 2.54 bits per heavy atom. The molecular weight excluding hydrogens is 336 g/mol. The number of aromatic nitrogens is 2. The highest BCUT2D eigenvalue weighted by molar-refractivity contribution is 6.23. The zero-order chi connectivity index (χ0) is 18.8. The van der Waals surface area contributed by atoms with Crippen molar-refractivity contribution >= 4 is 23.3 Å². The molecule has 0 unspecified atom stereocenters. The van der Waals surface area contributed by atoms with Crippen LogP contribution in [0.5, 0.6) is 0 Å². The number of anilines is 2. The van der Waals surface area contributed by atoms with Gasteiger partial charge in [0.25, 0.3) is 11.8 Å². The van der Waals surface area contributed by atoms with Crippen molar-refractivity contribution in [2.45, 2.75) is 0 Å². The Kier molecular flexibility index (Phi) is 4.33. The zero-order valence-corrected chi connectivity index (χ0v) is 14.2. The normalized spacial score (nSPS) is 14.4. The largest absolute Gasteiger partial charge is 0.509 e. The van der Waals surface area contributed by atoms with Gasteiger partial charge >= 0.3 is 0 Å². The van der Waals surface area contributed by atoms with Gasteiger partial charge in [0.15, 0.2) is 5.82 Å². The van der Waals surface area contributed by atoms with Crippen molar-refractivity contribution in [1.29, 1.82) is 5.26 Å². The second kappa shape index (κ2) is 6.60. The maximum absolute atomic E-state index is 12.6. The predicted molar refractivity (Wildman–Crippen MR) is 92.8 cm³/mol. The van der Waals surface area contributed by atoms with Gasteiger partial charge in [0.05, 0.1) is 23.9 Å². The highest BCUT2D eigenvalue weighted by Gasteiger charge is 2.35. The van der Waals surface area contributed by atoms with E-state index in [1.807, 2.05) is 6.07 Å². The molecule has 2 heterocycles. The second-order valence-corrected chi connectivity index (χ2v) is 5.70. The number of aryl methyl sites for hydroxylation is 1. The van der Waals surface area contributed by atoms with E-state index in [9.17, 15) is 14.7 Å². The molecule has 0 saturated carbocycles. The first-order valence-corrected chi connectivity index (χ1v) is 7.69. The Hall–Kier alpha value is -3.80. The summed E-state index contributed by atoms with van der Waals surface area (Å²) >= 11 is 0. The highest BCUT2D eigenvalue weighted by atomic mass is 16.3. The summed E-state index contributed by atoms with van der Waals surface area (Å²) in [6, 6.07) is 10.1. The van der Waals surface area contributed by atoms with Crippen molar-refractivity contribution in [2.75, 3.05) is 23.9 Å². The molecule has 0 spiro atoms. The third-order valence-electron chi connectivity index (χ3n) is 3.93. The number of carbonyl (C=O) groups excluding carboxylic acids is 2. The fraction of sp³-hybridized carbons (Fsp3) is 0.176. The predicted octanol–water partition coefficient (Wildman–Crippen LogP) is 0.936. The number of amides is 2. The van der Waals surface area contributed by atoms with Gasteiger partial charge in [-0.2, -0.15) is 10.4 Å². The summed E-state index contributed by atoms with van der Waals surface area (Å²) in [6.45, 7) is -0.0564. The molecule has 2 aromatic rings. The fourth-order valence-corrected chi connectivity index (χ4v) is 2.58. The number of nitriles is 1. The molecular formula is C17H16N6O3. The summed E-state index contributed by atoms with van der Waals surface area (Å²) in [6.07, 6.45) is 1.64. The molecule has 26 heavy (non-hydrogen) atoms. The van der Waals surface area contributed by atoms with Crippen LogP contribution < -0.4 is 10.3 Å². The average Bonchev–Trinajstić information content (AvgIpc) is 3.03. The van der Waals surface area contributed by atoms with E-state index in [0.717, 1.165) is 0 Å². The minimum atomic E-state index is -0.725. The summed E-state index contributed by atoms with van der Waals surface area (Å²) < 4.78 is 1.51. The third-order valence-corrected chi connectivity index (χ3v) is 3.93. The minimum Gasteiger partial charge on any atom is -0.509 e. The molecule has 0 bridgehead atoms. The van der Waals surface area contributed by atoms with Gasteiger partial charge in [-0.15, -0.1) is 0 Å². The monoisotopic (exact) mass is 352 g/mol. The molecule has 1 aliphatic heterocycles. The maximum atomic E-state index is 12.6. The number of likely N-dealkylation sites (N-methyl/N-ethyl adjacent to an activating group) is 1. The number of rotatable bonds is 3. The molecule has 0 aliphatic carbocycles. The van der Waals surface area contributed by atoms with Gasteiger partial charge in [0, 0.05) is 26.4 Å². The molecule has 3 rings (SSSR count). The number of nitrogens with zero attached hydrogens (tertiary/aromatic N) is 5. The van der Waals surface area contributed by atoms with Crippen molar-refractivity contribution in [3.8, 4) is 6.07 Å². The van der Waals surface area contributed by atoms with E-state index in [2.05, 4.69) is 10.4 Å². The number of hydrazine groups is 1. The van der Waals surface area contributed by atoms with Crippen LogP contribution in [-0.4, -0.2) is 45.3 Å². The summed E-state index contributed by atoms with van der Waals surface area (Å²) in [5.74, 6) is -1.43. The number of hydrogen-bond donors (Lipinski definition) is 2. The molecule has 0 atom stereocenters. The van der Waals surface area contributed by atoms with E-state index in [1.54, 1.807) is 43.6 Å². The van der Waals surface area contributed by atoms with E-state index < -0.39 is 11.8 Å². The van der Waals surface area contributed by atoms with Crippen LogP contribution in [0, 0.1) is 11.3 Å². The van der Waals surface area contributed by atoms with Crippen LogP contribution in [0.4, 0.5) is 11.5 Å². The summed E-state index contributed by atoms with van der Waals surface area (Å²) in [5, 5.41) is 28.4. The minimum absolute atomic E-state index is 0.0564. The molecule has 9 heteroatoms.